The van der Waals surface area contributed by atoms with E-state index >= 15 is 0 Å². The molecule has 0 saturated heterocycles. The number of benzene rings is 1. The Hall–Kier alpha value is -1.39. The molecule has 0 spiro atoms. The van der Waals surface area contributed by atoms with Crippen molar-refractivity contribution in [2.75, 3.05) is 0 Å². The van der Waals surface area contributed by atoms with E-state index in [1.165, 1.54) is 31.2 Å². The Labute approximate surface area is 120 Å². The number of hydrazine groups is 1. The van der Waals surface area contributed by atoms with Gasteiger partial charge in [-0.1, -0.05) is 31.4 Å². The smallest absolute Gasteiger partial charge is 0.111 e. The van der Waals surface area contributed by atoms with E-state index in [4.69, 9.17) is 10.8 Å². The number of rotatable bonds is 6. The molecule has 1 aromatic heterocycles. The molecule has 4 heteroatoms. The molecular formula is C16H24N4. The third-order valence-electron chi connectivity index (χ3n) is 4.56. The fourth-order valence-corrected chi connectivity index (χ4v) is 3.20. The summed E-state index contributed by atoms with van der Waals surface area (Å²) in [6, 6.07) is 8.69. The van der Waals surface area contributed by atoms with Gasteiger partial charge in [-0.25, -0.2) is 4.98 Å². The molecule has 4 nitrogen and oxygen atoms in total. The molecule has 0 radical (unpaired) electrons. The third-order valence-corrected chi connectivity index (χ3v) is 4.56. The summed E-state index contributed by atoms with van der Waals surface area (Å²) in [7, 11) is 0. The summed E-state index contributed by atoms with van der Waals surface area (Å²) in [5, 5.41) is 0. The van der Waals surface area contributed by atoms with Gasteiger partial charge in [-0.15, -0.1) is 0 Å². The average molecular weight is 272 g/mol. The molecule has 0 bridgehead atoms. The van der Waals surface area contributed by atoms with Crippen LogP contribution in [-0.2, 0) is 13.0 Å². The van der Waals surface area contributed by atoms with Crippen molar-refractivity contribution in [2.24, 2.45) is 11.8 Å². The van der Waals surface area contributed by atoms with Crippen molar-refractivity contribution in [3.8, 4) is 0 Å². The van der Waals surface area contributed by atoms with Crippen LogP contribution < -0.4 is 11.3 Å². The van der Waals surface area contributed by atoms with Gasteiger partial charge in [-0.2, -0.15) is 0 Å². The highest BCUT2D eigenvalue weighted by molar-refractivity contribution is 5.75. The number of para-hydroxylation sites is 2. The quantitative estimate of drug-likeness (QED) is 0.628. The van der Waals surface area contributed by atoms with E-state index in [0.29, 0.717) is 6.04 Å². The lowest BCUT2D eigenvalue weighted by Crippen LogP contribution is -2.39. The van der Waals surface area contributed by atoms with E-state index in [1.807, 2.05) is 6.07 Å². The minimum Gasteiger partial charge on any atom is -0.328 e. The number of aryl methyl sites for hydroxylation is 1. The highest BCUT2D eigenvalue weighted by Gasteiger charge is 2.23. The molecule has 3 N–H and O–H groups in total. The van der Waals surface area contributed by atoms with Crippen molar-refractivity contribution in [2.45, 2.75) is 51.6 Å². The molecule has 1 saturated carbocycles. The van der Waals surface area contributed by atoms with Crippen LogP contribution in [0.5, 0.6) is 0 Å². The molecule has 0 amide bonds. The van der Waals surface area contributed by atoms with Gasteiger partial charge in [-0.05, 0) is 31.4 Å². The predicted octanol–water partition coefficient (Wildman–Crippen LogP) is 2.62. The number of nitrogens with zero attached hydrogens (tertiary/aromatic N) is 2. The molecule has 1 unspecified atom stereocenters. The first-order chi connectivity index (χ1) is 9.81. The first-order valence-electron chi connectivity index (χ1n) is 7.72. The van der Waals surface area contributed by atoms with Crippen molar-refractivity contribution < 1.29 is 0 Å². The lowest BCUT2D eigenvalue weighted by Gasteiger charge is -2.29. The van der Waals surface area contributed by atoms with Gasteiger partial charge < -0.3 is 4.57 Å². The summed E-state index contributed by atoms with van der Waals surface area (Å²) in [4.78, 5) is 4.79. The summed E-state index contributed by atoms with van der Waals surface area (Å²) >= 11 is 0. The molecule has 1 aromatic carbocycles. The molecule has 1 fully saturated rings. The lowest BCUT2D eigenvalue weighted by atomic mass is 9.80. The van der Waals surface area contributed by atoms with Gasteiger partial charge in [0.15, 0.2) is 0 Å². The standard InChI is InChI=1S/C16H24N4/c1-2-20-15-9-4-3-8-14(15)18-16(20)11-13(19-17)10-12-6-5-7-12/h3-4,8-9,12-13,19H,2,5-7,10-11,17H2,1H3. The Balaban J connectivity index is 1.81. The SMILES string of the molecule is CCn1c(CC(CC2CCC2)NN)nc2ccccc21. The monoisotopic (exact) mass is 272 g/mol. The number of nitrogens with two attached hydrogens (primary N) is 1. The van der Waals surface area contributed by atoms with Crippen LogP contribution in [0.15, 0.2) is 24.3 Å². The van der Waals surface area contributed by atoms with Gasteiger partial charge >= 0.3 is 0 Å². The zero-order valence-corrected chi connectivity index (χ0v) is 12.2. The molecule has 1 aliphatic carbocycles. The van der Waals surface area contributed by atoms with Gasteiger partial charge in [0.2, 0.25) is 0 Å². The summed E-state index contributed by atoms with van der Waals surface area (Å²) in [5.41, 5.74) is 5.31. The Morgan fingerprint density at radius 3 is 2.85 bits per heavy atom. The predicted molar refractivity (Wildman–Crippen MR) is 82.2 cm³/mol. The minimum atomic E-state index is 0.336. The van der Waals surface area contributed by atoms with Crippen LogP contribution >= 0.6 is 0 Å². The van der Waals surface area contributed by atoms with E-state index in [1.54, 1.807) is 0 Å². The van der Waals surface area contributed by atoms with Gasteiger partial charge in [0.05, 0.1) is 11.0 Å². The Bertz CT molecular complexity index is 571. The number of aromatic nitrogens is 2. The Morgan fingerprint density at radius 1 is 1.40 bits per heavy atom. The van der Waals surface area contributed by atoms with Crippen LogP contribution in [0.25, 0.3) is 11.0 Å². The highest BCUT2D eigenvalue weighted by Crippen LogP contribution is 2.31. The summed E-state index contributed by atoms with van der Waals surface area (Å²) < 4.78 is 2.31. The van der Waals surface area contributed by atoms with E-state index in [-0.39, 0.29) is 0 Å². The van der Waals surface area contributed by atoms with Crippen LogP contribution in [0.3, 0.4) is 0 Å². The van der Waals surface area contributed by atoms with E-state index in [0.717, 1.165) is 30.2 Å². The molecule has 3 rings (SSSR count). The summed E-state index contributed by atoms with van der Waals surface area (Å²) in [5.74, 6) is 7.75. The normalized spacial score (nSPS) is 17.3. The number of hydrogen-bond acceptors (Lipinski definition) is 3. The summed E-state index contributed by atoms with van der Waals surface area (Å²) in [6.45, 7) is 3.13. The maximum Gasteiger partial charge on any atom is 0.111 e. The minimum absolute atomic E-state index is 0.336. The zero-order chi connectivity index (χ0) is 13.9. The fraction of sp³-hybridized carbons (Fsp3) is 0.562. The molecule has 2 aromatic rings. The molecule has 1 aliphatic rings. The second kappa shape index (κ2) is 5.94. The maximum absolute atomic E-state index is 5.75. The average Bonchev–Trinajstić information content (AvgIpc) is 2.78. The number of nitrogens with one attached hydrogen (secondary N) is 1. The zero-order valence-electron chi connectivity index (χ0n) is 12.2. The Morgan fingerprint density at radius 2 is 2.20 bits per heavy atom. The van der Waals surface area contributed by atoms with E-state index < -0.39 is 0 Å². The Kier molecular flexibility index (Phi) is 4.03. The molecular weight excluding hydrogens is 248 g/mol. The van der Waals surface area contributed by atoms with Crippen molar-refractivity contribution in [1.29, 1.82) is 0 Å². The first-order valence-corrected chi connectivity index (χ1v) is 7.72. The largest absolute Gasteiger partial charge is 0.328 e. The maximum atomic E-state index is 5.75. The van der Waals surface area contributed by atoms with Crippen LogP contribution in [0, 0.1) is 5.92 Å². The second-order valence-corrected chi connectivity index (χ2v) is 5.86. The molecule has 0 aliphatic heterocycles. The molecule has 1 heterocycles. The lowest BCUT2D eigenvalue weighted by molar-refractivity contribution is 0.258. The van der Waals surface area contributed by atoms with Crippen LogP contribution in [-0.4, -0.2) is 15.6 Å². The van der Waals surface area contributed by atoms with Crippen LogP contribution in [0.1, 0.15) is 38.4 Å². The third kappa shape index (κ3) is 2.58. The number of imidazole rings is 1. The molecule has 108 valence electrons. The van der Waals surface area contributed by atoms with Crippen LogP contribution in [0.2, 0.25) is 0 Å². The fourth-order valence-electron chi connectivity index (χ4n) is 3.20. The second-order valence-electron chi connectivity index (χ2n) is 5.86. The van der Waals surface area contributed by atoms with Crippen molar-refractivity contribution in [3.05, 3.63) is 30.1 Å². The van der Waals surface area contributed by atoms with Gasteiger partial charge in [-0.3, -0.25) is 11.3 Å². The molecule has 1 atom stereocenters. The van der Waals surface area contributed by atoms with E-state index in [9.17, 15) is 0 Å². The van der Waals surface area contributed by atoms with Gasteiger partial charge in [0, 0.05) is 19.0 Å². The van der Waals surface area contributed by atoms with Crippen LogP contribution in [0.4, 0.5) is 0 Å². The van der Waals surface area contributed by atoms with Crippen molar-refractivity contribution in [3.63, 3.8) is 0 Å². The number of hydrogen-bond donors (Lipinski definition) is 2. The van der Waals surface area contributed by atoms with E-state index in [2.05, 4.69) is 35.1 Å². The van der Waals surface area contributed by atoms with Crippen molar-refractivity contribution in [1.82, 2.24) is 15.0 Å². The summed E-state index contributed by atoms with van der Waals surface area (Å²) in [6.07, 6.45) is 6.19. The van der Waals surface area contributed by atoms with Crippen molar-refractivity contribution >= 4 is 11.0 Å². The first kappa shape index (κ1) is 13.6. The molecule has 20 heavy (non-hydrogen) atoms. The van der Waals surface area contributed by atoms with Gasteiger partial charge in [0.1, 0.15) is 5.82 Å². The highest BCUT2D eigenvalue weighted by atomic mass is 15.2. The van der Waals surface area contributed by atoms with Gasteiger partial charge in [0.25, 0.3) is 0 Å². The number of fused-ring (bicyclic) bond motifs is 1. The topological polar surface area (TPSA) is 55.9 Å².